The lowest BCUT2D eigenvalue weighted by Gasteiger charge is -2.24. The molecule has 0 saturated carbocycles. The standard InChI is InChI=1S/C74H76N4/c1-71(2)63(75(9)59-41-37-51-25-15-19-29-55(51)67(59)71)45-33-49(34-46-64-72(3,4)68-56-30-20-16-26-52(56)38-42-60(68)76(64)10)23-13-14-24-50(35-47-65-73(5,6)69-57-31-21-17-27-53(57)39-43-61(69)77(65)11)36-48-66-74(7,8)70-58-32-22-18-28-54(58)40-44-62(70)78(66)12/h15-22,25-48H,13-14,23-24H2,1-12H3/q+2. The zero-order valence-corrected chi connectivity index (χ0v) is 48.1. The summed E-state index contributed by atoms with van der Waals surface area (Å²) in [6.07, 6.45) is 23.4. The molecule has 12 rings (SSSR count). The van der Waals surface area contributed by atoms with E-state index in [1.54, 1.807) is 0 Å². The van der Waals surface area contributed by atoms with Gasteiger partial charge in [0.15, 0.2) is 11.4 Å². The smallest absolute Gasteiger partial charge is 0.210 e. The minimum absolute atomic E-state index is 0.174. The van der Waals surface area contributed by atoms with Crippen LogP contribution in [0.2, 0.25) is 0 Å². The van der Waals surface area contributed by atoms with Gasteiger partial charge >= 0.3 is 0 Å². The molecular weight excluding hydrogens is 945 g/mol. The number of allylic oxidation sites excluding steroid dienone is 12. The second-order valence-corrected chi connectivity index (χ2v) is 24.7. The van der Waals surface area contributed by atoms with Gasteiger partial charge in [0.2, 0.25) is 11.4 Å². The molecule has 8 aromatic carbocycles. The third-order valence-electron chi connectivity index (χ3n) is 18.6. The molecule has 4 heterocycles. The molecule has 0 atom stereocenters. The fourth-order valence-electron chi connectivity index (χ4n) is 14.6. The summed E-state index contributed by atoms with van der Waals surface area (Å²) in [5, 5.41) is 10.5. The van der Waals surface area contributed by atoms with Crippen molar-refractivity contribution in [1.82, 2.24) is 0 Å². The van der Waals surface area contributed by atoms with Crippen molar-refractivity contribution in [1.29, 1.82) is 0 Å². The molecular formula is C74H76N4+2. The van der Waals surface area contributed by atoms with Crippen LogP contribution in [-0.2, 0) is 21.7 Å². The Labute approximate surface area is 463 Å². The van der Waals surface area contributed by atoms with Crippen molar-refractivity contribution in [3.05, 3.63) is 239 Å². The van der Waals surface area contributed by atoms with Crippen molar-refractivity contribution >= 4 is 77.3 Å². The van der Waals surface area contributed by atoms with Gasteiger partial charge < -0.3 is 9.80 Å². The fourth-order valence-corrected chi connectivity index (χ4v) is 14.6. The van der Waals surface area contributed by atoms with Crippen molar-refractivity contribution in [3.63, 3.8) is 0 Å². The Morgan fingerprint density at radius 2 is 0.718 bits per heavy atom. The van der Waals surface area contributed by atoms with Crippen molar-refractivity contribution in [2.45, 2.75) is 103 Å². The highest BCUT2D eigenvalue weighted by molar-refractivity contribution is 6.09. The summed E-state index contributed by atoms with van der Waals surface area (Å²) < 4.78 is 4.85. The van der Waals surface area contributed by atoms with E-state index in [2.05, 4.69) is 297 Å². The van der Waals surface area contributed by atoms with Crippen molar-refractivity contribution in [3.8, 4) is 0 Å². The van der Waals surface area contributed by atoms with Gasteiger partial charge in [-0.25, -0.2) is 0 Å². The molecule has 0 bridgehead atoms. The molecule has 390 valence electrons. The topological polar surface area (TPSA) is 12.5 Å². The van der Waals surface area contributed by atoms with Crippen molar-refractivity contribution in [2.24, 2.45) is 0 Å². The zero-order chi connectivity index (χ0) is 54.5. The molecule has 0 saturated heterocycles. The van der Waals surface area contributed by atoms with Crippen molar-refractivity contribution in [2.75, 3.05) is 38.0 Å². The summed E-state index contributed by atoms with van der Waals surface area (Å²) in [5.74, 6) is 0. The van der Waals surface area contributed by atoms with Crippen LogP contribution in [0.25, 0.3) is 43.1 Å². The normalized spacial score (nSPS) is 19.3. The molecule has 0 unspecified atom stereocenters. The highest BCUT2D eigenvalue weighted by atomic mass is 15.2. The predicted molar refractivity (Wildman–Crippen MR) is 335 cm³/mol. The molecule has 0 amide bonds. The van der Waals surface area contributed by atoms with E-state index < -0.39 is 0 Å². The van der Waals surface area contributed by atoms with Gasteiger partial charge in [-0.2, -0.15) is 9.15 Å². The van der Waals surface area contributed by atoms with Crippen LogP contribution in [-0.4, -0.2) is 48.8 Å². The lowest BCUT2D eigenvalue weighted by atomic mass is 9.79. The van der Waals surface area contributed by atoms with Gasteiger partial charge in [-0.1, -0.05) is 161 Å². The Balaban J connectivity index is 0.889. The van der Waals surface area contributed by atoms with Crippen LogP contribution in [0.4, 0.5) is 22.7 Å². The van der Waals surface area contributed by atoms with Gasteiger partial charge in [-0.3, -0.25) is 0 Å². The van der Waals surface area contributed by atoms with E-state index in [1.165, 1.54) is 122 Å². The predicted octanol–water partition coefficient (Wildman–Crippen LogP) is 18.2. The van der Waals surface area contributed by atoms with Gasteiger partial charge in [0, 0.05) is 83.1 Å². The first-order valence-electron chi connectivity index (χ1n) is 28.4. The summed E-state index contributed by atoms with van der Waals surface area (Å²) in [5.41, 5.74) is 18.0. The molecule has 0 N–H and O–H groups in total. The minimum Gasteiger partial charge on any atom is -0.347 e. The van der Waals surface area contributed by atoms with Crippen LogP contribution < -0.4 is 9.80 Å². The van der Waals surface area contributed by atoms with Crippen molar-refractivity contribution < 1.29 is 9.15 Å². The summed E-state index contributed by atoms with van der Waals surface area (Å²) >= 11 is 0. The number of unbranched alkanes of at least 4 members (excludes halogenated alkanes) is 1. The SMILES string of the molecule is CN1C(=CC=C(C=CC2=[N+](C)c3ccc4ccccc4c3C2(C)C)CCCCC(C=CC2=[N+](C)c3ccc4ccccc4c3C2(C)C)=CC=C2N(C)c3ccc4ccccc4c3C2(C)C)C(C)(C)c2c1ccc1ccccc21. The Morgan fingerprint density at radius 3 is 1.08 bits per heavy atom. The molecule has 4 nitrogen and oxygen atoms in total. The van der Waals surface area contributed by atoms with Gasteiger partial charge in [-0.15, -0.1) is 0 Å². The summed E-state index contributed by atoms with van der Waals surface area (Å²) in [7, 11) is 8.99. The van der Waals surface area contributed by atoms with E-state index in [4.69, 9.17) is 0 Å². The number of fused-ring (bicyclic) bond motifs is 12. The first-order chi connectivity index (χ1) is 37.4. The highest BCUT2D eigenvalue weighted by Crippen LogP contribution is 2.52. The average molecular weight is 1020 g/mol. The van der Waals surface area contributed by atoms with Crippen LogP contribution in [0, 0.1) is 0 Å². The van der Waals surface area contributed by atoms with Gasteiger partial charge in [0.05, 0.1) is 10.8 Å². The zero-order valence-electron chi connectivity index (χ0n) is 48.1. The maximum atomic E-state index is 2.43. The largest absolute Gasteiger partial charge is 0.347 e. The second kappa shape index (κ2) is 19.0. The van der Waals surface area contributed by atoms with Crippen LogP contribution in [0.15, 0.2) is 217 Å². The number of rotatable bonds is 11. The van der Waals surface area contributed by atoms with E-state index in [0.29, 0.717) is 0 Å². The van der Waals surface area contributed by atoms with E-state index in [0.717, 1.165) is 25.7 Å². The minimum atomic E-state index is -0.174. The third-order valence-corrected chi connectivity index (χ3v) is 18.6. The van der Waals surface area contributed by atoms with E-state index >= 15 is 0 Å². The number of hydrogen-bond acceptors (Lipinski definition) is 2. The fraction of sp³-hybridized carbons (Fsp3) is 0.270. The van der Waals surface area contributed by atoms with Crippen LogP contribution >= 0.6 is 0 Å². The van der Waals surface area contributed by atoms with Crippen LogP contribution in [0.5, 0.6) is 0 Å². The maximum absolute atomic E-state index is 2.43. The number of likely N-dealkylation sites (N-methyl/N-ethyl adjacent to an activating group) is 2. The average Bonchev–Trinajstić information content (AvgIpc) is 4.19. The number of anilines is 2. The Morgan fingerprint density at radius 1 is 0.397 bits per heavy atom. The molecule has 0 spiro atoms. The monoisotopic (exact) mass is 1020 g/mol. The maximum Gasteiger partial charge on any atom is 0.210 e. The first kappa shape index (κ1) is 51.0. The molecule has 4 heteroatoms. The number of hydrogen-bond donors (Lipinski definition) is 0. The summed E-state index contributed by atoms with van der Waals surface area (Å²) in [6, 6.07) is 53.8. The molecule has 78 heavy (non-hydrogen) atoms. The lowest BCUT2D eigenvalue weighted by molar-refractivity contribution is -0.401. The van der Waals surface area contributed by atoms with Crippen LogP contribution in [0.1, 0.15) is 103 Å². The number of benzene rings is 8. The second-order valence-electron chi connectivity index (χ2n) is 24.7. The Bertz CT molecular complexity index is 3810. The molecule has 0 aromatic heterocycles. The van der Waals surface area contributed by atoms with Gasteiger partial charge in [-0.05, 0) is 155 Å². The molecule has 4 aliphatic heterocycles. The highest BCUT2D eigenvalue weighted by Gasteiger charge is 2.46. The third kappa shape index (κ3) is 8.08. The first-order valence-corrected chi connectivity index (χ1v) is 28.4. The lowest BCUT2D eigenvalue weighted by Crippen LogP contribution is -2.27. The van der Waals surface area contributed by atoms with Gasteiger partial charge in [0.25, 0.3) is 0 Å². The van der Waals surface area contributed by atoms with E-state index in [-0.39, 0.29) is 21.7 Å². The molecule has 0 radical (unpaired) electrons. The molecule has 0 fully saturated rings. The van der Waals surface area contributed by atoms with Crippen LogP contribution in [0.3, 0.4) is 0 Å². The quantitative estimate of drug-likeness (QED) is 0.0727. The van der Waals surface area contributed by atoms with Gasteiger partial charge in [0.1, 0.15) is 14.1 Å². The summed E-state index contributed by atoms with van der Waals surface area (Å²) in [6.45, 7) is 19.2. The van der Waals surface area contributed by atoms with E-state index in [1.807, 2.05) is 0 Å². The molecule has 0 aliphatic carbocycles. The number of nitrogens with zero attached hydrogens (tertiary/aromatic N) is 4. The Hall–Kier alpha value is -7.82. The summed E-state index contributed by atoms with van der Waals surface area (Å²) in [4.78, 5) is 4.85. The van der Waals surface area contributed by atoms with E-state index in [9.17, 15) is 0 Å². The molecule has 8 aromatic rings. The Kier molecular flexibility index (Phi) is 12.4. The molecule has 4 aliphatic rings.